The van der Waals surface area contributed by atoms with Gasteiger partial charge >= 0.3 is 0 Å². The van der Waals surface area contributed by atoms with Crippen LogP contribution in [-0.2, 0) is 17.8 Å². The van der Waals surface area contributed by atoms with Gasteiger partial charge in [-0.05, 0) is 53.8 Å². The lowest BCUT2D eigenvalue weighted by atomic mass is 9.53. The maximum absolute atomic E-state index is 12.6. The first-order chi connectivity index (χ1) is 22.2. The van der Waals surface area contributed by atoms with Crippen molar-refractivity contribution in [2.24, 2.45) is 0 Å². The second-order valence-corrected chi connectivity index (χ2v) is 10.7. The Morgan fingerprint density at radius 3 is 2.18 bits per heavy atom. The Kier molecular flexibility index (Phi) is 9.91. The number of anilines is 5. The molecule has 5 N–H and O–H groups in total. The monoisotopic (exact) mass is 598 g/mol. The lowest BCUT2D eigenvalue weighted by Gasteiger charge is -2.17. The molecule has 0 aliphatic carbocycles. The Morgan fingerprint density at radius 2 is 1.44 bits per heavy atom. The molecule has 1 amide bonds. The molecule has 0 saturated heterocycles. The van der Waals surface area contributed by atoms with E-state index in [2.05, 4.69) is 77.8 Å². The highest BCUT2D eigenvalue weighted by Crippen LogP contribution is 2.19. The number of nitrogens with zero attached hydrogens (tertiary/aromatic N) is 3. The number of rotatable bonds is 8. The Hall–Kier alpha value is -5.26. The standard InChI is InChI=1S/C34H35BN8O2/c44-31(37-23-25-7-3-1-4-8-25)27-11-15-29(16-12-27)39-33-41-32-36-20-22-45-21-19-35(38-24-26-9-5-2-6-10-26)28-13-17-30(18-14-28)40-34(42-32)43-33/h1-18,38H,19-24H2,(H,37,44)(H3,36,39,40,41,42,43). The first-order valence-electron chi connectivity index (χ1n) is 15.1. The Labute approximate surface area is 263 Å². The zero-order chi connectivity index (χ0) is 30.7. The minimum Gasteiger partial charge on any atom is -0.380 e. The topological polar surface area (TPSA) is 125 Å². The molecule has 0 spiro atoms. The van der Waals surface area contributed by atoms with Crippen molar-refractivity contribution in [2.75, 3.05) is 35.7 Å². The predicted molar refractivity (Wildman–Crippen MR) is 180 cm³/mol. The van der Waals surface area contributed by atoms with Gasteiger partial charge in [-0.1, -0.05) is 78.3 Å². The number of benzene rings is 4. The van der Waals surface area contributed by atoms with Crippen LogP contribution in [0.2, 0.25) is 6.32 Å². The highest BCUT2D eigenvalue weighted by atomic mass is 16.5. The van der Waals surface area contributed by atoms with Gasteiger partial charge in [0.15, 0.2) is 0 Å². The number of hydrogen-bond donors (Lipinski definition) is 5. The van der Waals surface area contributed by atoms with Crippen molar-refractivity contribution in [3.63, 3.8) is 0 Å². The van der Waals surface area contributed by atoms with Gasteiger partial charge in [-0.2, -0.15) is 15.0 Å². The van der Waals surface area contributed by atoms with E-state index in [-0.39, 0.29) is 12.8 Å². The summed E-state index contributed by atoms with van der Waals surface area (Å²) in [5.41, 5.74) is 5.64. The molecule has 4 aromatic carbocycles. The molecule has 2 aliphatic rings. The highest BCUT2D eigenvalue weighted by molar-refractivity contribution is 6.70. The van der Waals surface area contributed by atoms with Crippen LogP contribution in [0, 0.1) is 0 Å². The zero-order valence-corrected chi connectivity index (χ0v) is 24.9. The normalized spacial score (nSPS) is 13.1. The summed E-state index contributed by atoms with van der Waals surface area (Å²) >= 11 is 0. The van der Waals surface area contributed by atoms with E-state index in [1.165, 1.54) is 11.0 Å². The van der Waals surface area contributed by atoms with Gasteiger partial charge in [-0.25, -0.2) is 0 Å². The highest BCUT2D eigenvalue weighted by Gasteiger charge is 2.17. The van der Waals surface area contributed by atoms with Gasteiger partial charge in [0.05, 0.1) is 6.61 Å². The number of aromatic nitrogens is 3. The fourth-order valence-corrected chi connectivity index (χ4v) is 4.97. The van der Waals surface area contributed by atoms with Gasteiger partial charge < -0.3 is 31.2 Å². The van der Waals surface area contributed by atoms with Crippen molar-refractivity contribution >= 4 is 47.4 Å². The first-order valence-corrected chi connectivity index (χ1v) is 15.1. The molecule has 0 saturated carbocycles. The van der Waals surface area contributed by atoms with E-state index in [0.717, 1.165) is 29.8 Å². The molecule has 45 heavy (non-hydrogen) atoms. The molecule has 4 bridgehead atoms. The average Bonchev–Trinajstić information content (AvgIpc) is 3.08. The number of amides is 1. The van der Waals surface area contributed by atoms with E-state index in [4.69, 9.17) is 4.74 Å². The van der Waals surface area contributed by atoms with Gasteiger partial charge in [0.25, 0.3) is 12.8 Å². The number of nitrogens with one attached hydrogen (secondary N) is 5. The molecule has 0 unspecified atom stereocenters. The third-order valence-electron chi connectivity index (χ3n) is 7.38. The third kappa shape index (κ3) is 8.65. The lowest BCUT2D eigenvalue weighted by molar-refractivity contribution is 0.0951. The molecule has 11 heteroatoms. The third-order valence-corrected chi connectivity index (χ3v) is 7.38. The van der Waals surface area contributed by atoms with Crippen LogP contribution in [0.15, 0.2) is 109 Å². The van der Waals surface area contributed by atoms with Crippen LogP contribution in [0.4, 0.5) is 29.2 Å². The molecule has 1 aromatic heterocycles. The number of ether oxygens (including phenoxy) is 1. The summed E-state index contributed by atoms with van der Waals surface area (Å²) < 4.78 is 5.96. The predicted octanol–water partition coefficient (Wildman–Crippen LogP) is 4.72. The smallest absolute Gasteiger partial charge is 0.257 e. The quantitative estimate of drug-likeness (QED) is 0.161. The fourth-order valence-electron chi connectivity index (χ4n) is 4.97. The number of fused-ring (bicyclic) bond motifs is 8. The van der Waals surface area contributed by atoms with Gasteiger partial charge in [-0.3, -0.25) is 4.79 Å². The fraction of sp³-hybridized carbons (Fsp3) is 0.176. The van der Waals surface area contributed by atoms with Crippen LogP contribution < -0.4 is 32.0 Å². The van der Waals surface area contributed by atoms with Crippen LogP contribution in [-0.4, -0.2) is 47.5 Å². The van der Waals surface area contributed by atoms with Crippen molar-refractivity contribution in [3.8, 4) is 0 Å². The molecule has 10 nitrogen and oxygen atoms in total. The molecular formula is C34H35BN8O2. The summed E-state index contributed by atoms with van der Waals surface area (Å²) in [7, 11) is 0. The minimum atomic E-state index is -0.140. The first kappa shape index (κ1) is 29.8. The second-order valence-electron chi connectivity index (χ2n) is 10.7. The van der Waals surface area contributed by atoms with E-state index in [1.54, 1.807) is 12.1 Å². The van der Waals surface area contributed by atoms with Gasteiger partial charge in [-0.15, -0.1) is 0 Å². The van der Waals surface area contributed by atoms with E-state index in [1.807, 2.05) is 60.7 Å². The molecule has 0 fully saturated rings. The minimum absolute atomic E-state index is 0.140. The van der Waals surface area contributed by atoms with E-state index in [9.17, 15) is 4.79 Å². The van der Waals surface area contributed by atoms with Crippen molar-refractivity contribution in [1.29, 1.82) is 0 Å². The summed E-state index contributed by atoms with van der Waals surface area (Å²) in [6, 6.07) is 35.7. The van der Waals surface area contributed by atoms with Crippen molar-refractivity contribution in [1.82, 2.24) is 25.5 Å². The Morgan fingerprint density at radius 1 is 0.756 bits per heavy atom. The molecule has 7 rings (SSSR count). The molecule has 0 atom stereocenters. The zero-order valence-electron chi connectivity index (χ0n) is 24.9. The summed E-state index contributed by atoms with van der Waals surface area (Å²) in [6.45, 7) is 3.06. The molecule has 0 radical (unpaired) electrons. The molecule has 3 heterocycles. The summed E-state index contributed by atoms with van der Waals surface area (Å²) in [5.74, 6) is 1.04. The van der Waals surface area contributed by atoms with Crippen LogP contribution >= 0.6 is 0 Å². The summed E-state index contributed by atoms with van der Waals surface area (Å²) in [4.78, 5) is 26.4. The maximum Gasteiger partial charge on any atom is 0.257 e. The maximum atomic E-state index is 12.6. The summed E-state index contributed by atoms with van der Waals surface area (Å²) in [6.07, 6.45) is 0.840. The number of carbonyl (C=O) groups is 1. The Balaban J connectivity index is 1.13. The number of hydrogen-bond acceptors (Lipinski definition) is 9. The van der Waals surface area contributed by atoms with Crippen molar-refractivity contribution in [2.45, 2.75) is 19.4 Å². The van der Waals surface area contributed by atoms with Crippen LogP contribution in [0.25, 0.3) is 0 Å². The summed E-state index contributed by atoms with van der Waals surface area (Å²) in [5, 5.41) is 16.4. The molecular weight excluding hydrogens is 563 g/mol. The van der Waals surface area contributed by atoms with Crippen molar-refractivity contribution < 1.29 is 9.53 Å². The van der Waals surface area contributed by atoms with Gasteiger partial charge in [0.2, 0.25) is 17.8 Å². The van der Waals surface area contributed by atoms with Crippen LogP contribution in [0.5, 0.6) is 0 Å². The molecule has 5 aromatic rings. The van der Waals surface area contributed by atoms with Gasteiger partial charge in [0.1, 0.15) is 0 Å². The molecule has 226 valence electrons. The van der Waals surface area contributed by atoms with E-state index < -0.39 is 0 Å². The van der Waals surface area contributed by atoms with E-state index in [0.29, 0.717) is 49.7 Å². The second kappa shape index (κ2) is 15.0. The lowest BCUT2D eigenvalue weighted by Crippen LogP contribution is -2.45. The van der Waals surface area contributed by atoms with Crippen LogP contribution in [0.3, 0.4) is 0 Å². The van der Waals surface area contributed by atoms with Crippen LogP contribution in [0.1, 0.15) is 21.5 Å². The SMILES string of the molecule is O=C(NCc1ccccc1)c1ccc(Nc2nc3nc(n2)Nc2ccc(cc2)B(NCc2ccccc2)CCOCCN3)cc1. The average molecular weight is 599 g/mol. The van der Waals surface area contributed by atoms with Crippen molar-refractivity contribution in [3.05, 3.63) is 126 Å². The Bertz CT molecular complexity index is 1670. The molecule has 2 aliphatic heterocycles. The van der Waals surface area contributed by atoms with E-state index >= 15 is 0 Å². The largest absolute Gasteiger partial charge is 0.380 e. The number of carbonyl (C=O) groups excluding carboxylic acids is 1. The van der Waals surface area contributed by atoms with Gasteiger partial charge in [0, 0.05) is 43.2 Å².